The minimum absolute atomic E-state index is 0.0864. The molecule has 5 nitrogen and oxygen atoms in total. The van der Waals surface area contributed by atoms with Gasteiger partial charge in [-0.25, -0.2) is 0 Å². The number of imidazole rings is 1. The van der Waals surface area contributed by atoms with E-state index >= 15 is 0 Å². The molecule has 0 saturated heterocycles. The van der Waals surface area contributed by atoms with Crippen LogP contribution < -0.4 is 0 Å². The Morgan fingerprint density at radius 3 is 3.12 bits per heavy atom. The van der Waals surface area contributed by atoms with Gasteiger partial charge in [0.25, 0.3) is 0 Å². The maximum absolute atomic E-state index is 11.3. The lowest BCUT2D eigenvalue weighted by molar-refractivity contribution is -0.141. The monoisotopic (exact) mass is 249 g/mol. The second-order valence-electron chi connectivity index (χ2n) is 3.38. The minimum atomic E-state index is -0.342. The van der Waals surface area contributed by atoms with Gasteiger partial charge in [0.2, 0.25) is 0 Å². The molecule has 1 N–H and O–H groups in total. The first-order valence-corrected chi connectivity index (χ1v) is 5.38. The van der Waals surface area contributed by atoms with Crippen molar-refractivity contribution >= 4 is 18.2 Å². The van der Waals surface area contributed by atoms with Crippen LogP contribution in [0.1, 0.15) is 0 Å². The number of hydrogen-bond acceptors (Lipinski definition) is 4. The normalized spacial score (nSPS) is 10.2. The van der Waals surface area contributed by atoms with E-state index in [1.54, 1.807) is 23.2 Å². The first kappa shape index (κ1) is 11.5. The molecule has 88 valence electrons. The number of aromatic nitrogens is 3. The summed E-state index contributed by atoms with van der Waals surface area (Å²) in [7, 11) is 1.35. The molecule has 0 saturated carbocycles. The number of carbonyl (C=O) groups excluding carboxylic acids is 1. The summed E-state index contributed by atoms with van der Waals surface area (Å²) in [6.45, 7) is 0.0864. The number of carbonyl (C=O) groups is 1. The van der Waals surface area contributed by atoms with E-state index in [9.17, 15) is 4.79 Å². The molecule has 0 radical (unpaired) electrons. The van der Waals surface area contributed by atoms with Crippen LogP contribution in [-0.2, 0) is 16.1 Å². The minimum Gasteiger partial charge on any atom is -0.468 e. The van der Waals surface area contributed by atoms with Gasteiger partial charge in [-0.3, -0.25) is 9.78 Å². The van der Waals surface area contributed by atoms with Crippen molar-refractivity contribution in [2.45, 2.75) is 6.54 Å². The Bertz CT molecular complexity index is 574. The zero-order chi connectivity index (χ0) is 12.3. The third-order valence-corrected chi connectivity index (χ3v) is 2.68. The van der Waals surface area contributed by atoms with Crippen LogP contribution in [0, 0.1) is 4.77 Å². The first-order valence-electron chi connectivity index (χ1n) is 4.98. The third kappa shape index (κ3) is 2.42. The van der Waals surface area contributed by atoms with E-state index in [2.05, 4.69) is 14.7 Å². The Labute approximate surface area is 103 Å². The summed E-state index contributed by atoms with van der Waals surface area (Å²) in [6, 6.07) is 3.73. The van der Waals surface area contributed by atoms with Gasteiger partial charge in [0.15, 0.2) is 4.77 Å². The summed E-state index contributed by atoms with van der Waals surface area (Å²) < 4.78 is 6.79. The highest BCUT2D eigenvalue weighted by atomic mass is 32.1. The van der Waals surface area contributed by atoms with Crippen LogP contribution in [0.25, 0.3) is 11.3 Å². The Kier molecular flexibility index (Phi) is 3.34. The highest BCUT2D eigenvalue weighted by molar-refractivity contribution is 7.71. The summed E-state index contributed by atoms with van der Waals surface area (Å²) in [5, 5.41) is 0. The second-order valence-corrected chi connectivity index (χ2v) is 3.77. The van der Waals surface area contributed by atoms with Crippen LogP contribution in [0.5, 0.6) is 0 Å². The molecular weight excluding hydrogens is 238 g/mol. The Morgan fingerprint density at radius 1 is 1.65 bits per heavy atom. The molecule has 2 rings (SSSR count). The highest BCUT2D eigenvalue weighted by Gasteiger charge is 2.10. The standard InChI is InChI=1S/C11H11N3O2S/c1-16-10(15)7-14-9(6-13-11(14)17)8-3-2-4-12-5-8/h2-6H,7H2,1H3,(H,13,17). The molecule has 0 aliphatic heterocycles. The summed E-state index contributed by atoms with van der Waals surface area (Å²) >= 11 is 5.12. The summed E-state index contributed by atoms with van der Waals surface area (Å²) in [4.78, 5) is 18.2. The Morgan fingerprint density at radius 2 is 2.47 bits per heavy atom. The quantitative estimate of drug-likeness (QED) is 0.665. The fourth-order valence-corrected chi connectivity index (χ4v) is 1.72. The SMILES string of the molecule is COC(=O)Cn1c(-c2cccnc2)c[nH]c1=S. The molecule has 0 bridgehead atoms. The van der Waals surface area contributed by atoms with Gasteiger partial charge >= 0.3 is 5.97 Å². The molecule has 0 aromatic carbocycles. The van der Waals surface area contributed by atoms with Gasteiger partial charge in [0.05, 0.1) is 12.8 Å². The van der Waals surface area contributed by atoms with Crippen molar-refractivity contribution in [3.63, 3.8) is 0 Å². The van der Waals surface area contributed by atoms with Gasteiger partial charge in [-0.15, -0.1) is 0 Å². The lowest BCUT2D eigenvalue weighted by Crippen LogP contribution is -2.12. The number of methoxy groups -OCH3 is 1. The molecule has 0 unspecified atom stereocenters. The van der Waals surface area contributed by atoms with E-state index in [4.69, 9.17) is 12.2 Å². The zero-order valence-corrected chi connectivity index (χ0v) is 10.0. The molecule has 2 aromatic rings. The van der Waals surface area contributed by atoms with Gasteiger partial charge in [0, 0.05) is 24.2 Å². The third-order valence-electron chi connectivity index (χ3n) is 2.34. The van der Waals surface area contributed by atoms with E-state index in [0.717, 1.165) is 11.3 Å². The summed E-state index contributed by atoms with van der Waals surface area (Å²) in [6.07, 6.45) is 5.16. The number of aromatic amines is 1. The average molecular weight is 249 g/mol. The maximum atomic E-state index is 11.3. The van der Waals surface area contributed by atoms with E-state index in [0.29, 0.717) is 4.77 Å². The maximum Gasteiger partial charge on any atom is 0.325 e. The lowest BCUT2D eigenvalue weighted by Gasteiger charge is -2.06. The van der Waals surface area contributed by atoms with Crippen molar-refractivity contribution in [2.24, 2.45) is 0 Å². The molecule has 0 atom stereocenters. The van der Waals surface area contributed by atoms with Crippen molar-refractivity contribution in [3.8, 4) is 11.3 Å². The molecular formula is C11H11N3O2S. The molecule has 6 heteroatoms. The van der Waals surface area contributed by atoms with Crippen molar-refractivity contribution < 1.29 is 9.53 Å². The van der Waals surface area contributed by atoms with Crippen molar-refractivity contribution in [3.05, 3.63) is 35.5 Å². The van der Waals surface area contributed by atoms with Crippen LogP contribution >= 0.6 is 12.2 Å². The number of pyridine rings is 1. The summed E-state index contributed by atoms with van der Waals surface area (Å²) in [5.74, 6) is -0.342. The number of esters is 1. The van der Waals surface area contributed by atoms with E-state index in [-0.39, 0.29) is 12.5 Å². The number of hydrogen-bond donors (Lipinski definition) is 1. The van der Waals surface area contributed by atoms with E-state index in [1.807, 2.05) is 12.1 Å². The molecule has 0 amide bonds. The zero-order valence-electron chi connectivity index (χ0n) is 9.21. The number of H-pyrrole nitrogens is 1. The molecule has 2 aromatic heterocycles. The fourth-order valence-electron chi connectivity index (χ4n) is 1.50. The molecule has 17 heavy (non-hydrogen) atoms. The number of nitrogens with one attached hydrogen (secondary N) is 1. The van der Waals surface area contributed by atoms with Crippen LogP contribution in [0.3, 0.4) is 0 Å². The Balaban J connectivity index is 2.43. The van der Waals surface area contributed by atoms with Gasteiger partial charge in [0.1, 0.15) is 6.54 Å². The fraction of sp³-hybridized carbons (Fsp3) is 0.182. The summed E-state index contributed by atoms with van der Waals surface area (Å²) in [5.41, 5.74) is 1.71. The molecule has 2 heterocycles. The second kappa shape index (κ2) is 4.92. The largest absolute Gasteiger partial charge is 0.468 e. The van der Waals surface area contributed by atoms with Gasteiger partial charge in [-0.1, -0.05) is 0 Å². The topological polar surface area (TPSA) is 59.9 Å². The molecule has 0 aliphatic carbocycles. The van der Waals surface area contributed by atoms with Gasteiger partial charge in [-0.2, -0.15) is 0 Å². The Hall–Kier alpha value is -1.95. The first-order chi connectivity index (χ1) is 8.22. The predicted octanol–water partition coefficient (Wildman–Crippen LogP) is 1.78. The van der Waals surface area contributed by atoms with E-state index in [1.165, 1.54) is 7.11 Å². The lowest BCUT2D eigenvalue weighted by atomic mass is 10.2. The van der Waals surface area contributed by atoms with Crippen LogP contribution in [0.2, 0.25) is 0 Å². The molecule has 0 aliphatic rings. The van der Waals surface area contributed by atoms with Crippen LogP contribution in [-0.4, -0.2) is 27.6 Å². The van der Waals surface area contributed by atoms with Crippen molar-refractivity contribution in [1.82, 2.24) is 14.5 Å². The van der Waals surface area contributed by atoms with E-state index < -0.39 is 0 Å². The predicted molar refractivity (Wildman–Crippen MR) is 64.9 cm³/mol. The van der Waals surface area contributed by atoms with Gasteiger partial charge < -0.3 is 14.3 Å². The van der Waals surface area contributed by atoms with Crippen LogP contribution in [0.4, 0.5) is 0 Å². The average Bonchev–Trinajstić information content (AvgIpc) is 2.72. The molecule has 0 fully saturated rings. The van der Waals surface area contributed by atoms with Crippen molar-refractivity contribution in [2.75, 3.05) is 7.11 Å². The number of ether oxygens (including phenoxy) is 1. The van der Waals surface area contributed by atoms with Gasteiger partial charge in [-0.05, 0) is 24.4 Å². The number of rotatable bonds is 3. The molecule has 0 spiro atoms. The number of nitrogens with zero attached hydrogens (tertiary/aromatic N) is 2. The van der Waals surface area contributed by atoms with Crippen LogP contribution in [0.15, 0.2) is 30.7 Å². The van der Waals surface area contributed by atoms with Crippen molar-refractivity contribution in [1.29, 1.82) is 0 Å². The smallest absolute Gasteiger partial charge is 0.325 e. The highest BCUT2D eigenvalue weighted by Crippen LogP contribution is 2.18.